The Labute approximate surface area is 181 Å². The van der Waals surface area contributed by atoms with Gasteiger partial charge in [-0.2, -0.15) is 4.31 Å². The number of benzene rings is 2. The Morgan fingerprint density at radius 3 is 2.40 bits per heavy atom. The summed E-state index contributed by atoms with van der Waals surface area (Å²) in [5.41, 5.74) is 0.926. The molecule has 2 aliphatic rings. The number of hydrogen-bond acceptors (Lipinski definition) is 5. The van der Waals surface area contributed by atoms with E-state index in [0.29, 0.717) is 62.2 Å². The fourth-order valence-corrected chi connectivity index (χ4v) is 5.24. The average Bonchev–Trinajstić information content (AvgIpc) is 2.77. The van der Waals surface area contributed by atoms with E-state index < -0.39 is 10.0 Å². The van der Waals surface area contributed by atoms with Gasteiger partial charge in [0.1, 0.15) is 13.2 Å². The zero-order valence-corrected chi connectivity index (χ0v) is 17.9. The molecule has 0 spiro atoms. The van der Waals surface area contributed by atoms with Gasteiger partial charge in [0, 0.05) is 30.6 Å². The van der Waals surface area contributed by atoms with Gasteiger partial charge >= 0.3 is 0 Å². The molecular formula is C21H23ClN2O5S. The molecule has 1 amide bonds. The van der Waals surface area contributed by atoms with Crippen molar-refractivity contribution in [1.82, 2.24) is 9.62 Å². The number of nitrogens with one attached hydrogen (secondary N) is 1. The topological polar surface area (TPSA) is 84.9 Å². The number of nitrogens with zero attached hydrogens (tertiary/aromatic N) is 1. The summed E-state index contributed by atoms with van der Waals surface area (Å²) in [6.45, 7) is 2.06. The fourth-order valence-electron chi connectivity index (χ4n) is 3.65. The lowest BCUT2D eigenvalue weighted by atomic mass is 9.97. The first-order valence-corrected chi connectivity index (χ1v) is 11.7. The maximum absolute atomic E-state index is 12.8. The van der Waals surface area contributed by atoms with Gasteiger partial charge in [0.2, 0.25) is 15.9 Å². The van der Waals surface area contributed by atoms with E-state index in [-0.39, 0.29) is 16.7 Å². The number of fused-ring (bicyclic) bond motifs is 1. The number of ether oxygens (including phenoxy) is 2. The van der Waals surface area contributed by atoms with Crippen LogP contribution in [0.4, 0.5) is 0 Å². The standard InChI is InChI=1S/C21H23ClN2O5S/c22-17-2-4-18(5-3-17)30(26,27)24-9-7-16(8-10-24)21(25)23-14-15-1-6-19-20(13-15)29-12-11-28-19/h1-6,13,16H,7-12,14H2,(H,23,25). The third-order valence-corrected chi connectivity index (χ3v) is 7.51. The zero-order chi connectivity index (χ0) is 21.1. The predicted molar refractivity (Wildman–Crippen MR) is 112 cm³/mol. The summed E-state index contributed by atoms with van der Waals surface area (Å²) in [5, 5.41) is 3.44. The maximum Gasteiger partial charge on any atom is 0.243 e. The number of rotatable bonds is 5. The highest BCUT2D eigenvalue weighted by Gasteiger charge is 2.32. The van der Waals surface area contributed by atoms with E-state index in [2.05, 4.69) is 5.32 Å². The number of sulfonamides is 1. The van der Waals surface area contributed by atoms with Crippen molar-refractivity contribution in [2.75, 3.05) is 26.3 Å². The Bertz CT molecular complexity index is 1020. The smallest absolute Gasteiger partial charge is 0.243 e. The van der Waals surface area contributed by atoms with Crippen molar-refractivity contribution in [1.29, 1.82) is 0 Å². The van der Waals surface area contributed by atoms with Gasteiger partial charge in [-0.3, -0.25) is 4.79 Å². The summed E-state index contributed by atoms with van der Waals surface area (Å²) in [6, 6.07) is 11.7. The first-order chi connectivity index (χ1) is 14.4. The lowest BCUT2D eigenvalue weighted by molar-refractivity contribution is -0.126. The summed E-state index contributed by atoms with van der Waals surface area (Å²) in [4.78, 5) is 12.8. The van der Waals surface area contributed by atoms with Crippen molar-refractivity contribution in [3.63, 3.8) is 0 Å². The van der Waals surface area contributed by atoms with Crippen LogP contribution in [0.25, 0.3) is 0 Å². The maximum atomic E-state index is 12.8. The normalized spacial score (nSPS) is 17.5. The molecule has 30 heavy (non-hydrogen) atoms. The SMILES string of the molecule is O=C(NCc1ccc2c(c1)OCCO2)C1CCN(S(=O)(=O)c2ccc(Cl)cc2)CC1. The minimum Gasteiger partial charge on any atom is -0.486 e. The van der Waals surface area contributed by atoms with Crippen molar-refractivity contribution in [3.8, 4) is 11.5 Å². The Morgan fingerprint density at radius 2 is 1.70 bits per heavy atom. The molecule has 9 heteroatoms. The van der Waals surface area contributed by atoms with Crippen molar-refractivity contribution in [2.45, 2.75) is 24.3 Å². The second-order valence-corrected chi connectivity index (χ2v) is 9.70. The molecule has 1 N–H and O–H groups in total. The Kier molecular flexibility index (Phi) is 6.17. The van der Waals surface area contributed by atoms with Gasteiger partial charge in [-0.15, -0.1) is 0 Å². The molecule has 1 saturated heterocycles. The van der Waals surface area contributed by atoms with Crippen LogP contribution in [-0.4, -0.2) is 44.9 Å². The third kappa shape index (κ3) is 4.55. The summed E-state index contributed by atoms with van der Waals surface area (Å²) >= 11 is 5.84. The van der Waals surface area contributed by atoms with Crippen LogP contribution in [0, 0.1) is 5.92 Å². The van der Waals surface area contributed by atoms with Crippen molar-refractivity contribution < 1.29 is 22.7 Å². The fraction of sp³-hybridized carbons (Fsp3) is 0.381. The van der Waals surface area contributed by atoms with Crippen molar-refractivity contribution >= 4 is 27.5 Å². The molecule has 2 aromatic carbocycles. The van der Waals surface area contributed by atoms with Gasteiger partial charge in [-0.25, -0.2) is 8.42 Å². The number of piperidine rings is 1. The molecule has 160 valence electrons. The molecule has 0 unspecified atom stereocenters. The molecule has 0 saturated carbocycles. The van der Waals surface area contributed by atoms with Gasteiger partial charge in [0.25, 0.3) is 0 Å². The van der Waals surface area contributed by atoms with E-state index in [1.165, 1.54) is 16.4 Å². The molecule has 0 bridgehead atoms. The van der Waals surface area contributed by atoms with Crippen LogP contribution in [0.2, 0.25) is 5.02 Å². The number of carbonyl (C=O) groups is 1. The molecule has 2 aliphatic heterocycles. The van der Waals surface area contributed by atoms with E-state index in [1.54, 1.807) is 12.1 Å². The van der Waals surface area contributed by atoms with E-state index in [0.717, 1.165) is 5.56 Å². The molecule has 1 fully saturated rings. The highest BCUT2D eigenvalue weighted by Crippen LogP contribution is 2.31. The van der Waals surface area contributed by atoms with Gasteiger partial charge in [-0.05, 0) is 54.8 Å². The largest absolute Gasteiger partial charge is 0.486 e. The minimum atomic E-state index is -3.57. The second-order valence-electron chi connectivity index (χ2n) is 7.33. The van der Waals surface area contributed by atoms with Crippen LogP contribution in [0.3, 0.4) is 0 Å². The quantitative estimate of drug-likeness (QED) is 0.757. The molecule has 0 radical (unpaired) electrons. The van der Waals surface area contributed by atoms with Gasteiger partial charge < -0.3 is 14.8 Å². The Hall–Kier alpha value is -2.29. The van der Waals surface area contributed by atoms with Crippen LogP contribution >= 0.6 is 11.6 Å². The minimum absolute atomic E-state index is 0.0616. The van der Waals surface area contributed by atoms with E-state index in [9.17, 15) is 13.2 Å². The number of carbonyl (C=O) groups excluding carboxylic acids is 1. The van der Waals surface area contributed by atoms with Gasteiger partial charge in [-0.1, -0.05) is 17.7 Å². The number of amides is 1. The highest BCUT2D eigenvalue weighted by molar-refractivity contribution is 7.89. The molecule has 0 aromatic heterocycles. The van der Waals surface area contributed by atoms with Crippen LogP contribution < -0.4 is 14.8 Å². The first-order valence-electron chi connectivity index (χ1n) is 9.85. The molecule has 0 atom stereocenters. The molecule has 2 heterocycles. The van der Waals surface area contributed by atoms with Crippen LogP contribution in [-0.2, 0) is 21.4 Å². The first kappa shape index (κ1) is 21.0. The van der Waals surface area contributed by atoms with E-state index in [4.69, 9.17) is 21.1 Å². The van der Waals surface area contributed by atoms with Crippen LogP contribution in [0.1, 0.15) is 18.4 Å². The highest BCUT2D eigenvalue weighted by atomic mass is 35.5. The van der Waals surface area contributed by atoms with Gasteiger partial charge in [0.15, 0.2) is 11.5 Å². The Balaban J connectivity index is 1.30. The van der Waals surface area contributed by atoms with Crippen LogP contribution in [0.5, 0.6) is 11.5 Å². The predicted octanol–water partition coefficient (Wildman–Crippen LogP) is 2.83. The van der Waals surface area contributed by atoms with Crippen LogP contribution in [0.15, 0.2) is 47.4 Å². The lowest BCUT2D eigenvalue weighted by Crippen LogP contribution is -2.42. The summed E-state index contributed by atoms with van der Waals surface area (Å²) in [6.07, 6.45) is 0.972. The van der Waals surface area contributed by atoms with E-state index >= 15 is 0 Å². The molecule has 2 aromatic rings. The molecule has 7 nitrogen and oxygen atoms in total. The number of halogens is 1. The lowest BCUT2D eigenvalue weighted by Gasteiger charge is -2.30. The summed E-state index contributed by atoms with van der Waals surface area (Å²) in [7, 11) is -3.57. The third-order valence-electron chi connectivity index (χ3n) is 5.35. The monoisotopic (exact) mass is 450 g/mol. The second kappa shape index (κ2) is 8.83. The number of hydrogen-bond donors (Lipinski definition) is 1. The molecule has 4 rings (SSSR count). The molecule has 0 aliphatic carbocycles. The van der Waals surface area contributed by atoms with E-state index in [1.807, 2.05) is 18.2 Å². The molecular weight excluding hydrogens is 428 g/mol. The Morgan fingerprint density at radius 1 is 1.03 bits per heavy atom. The average molecular weight is 451 g/mol. The van der Waals surface area contributed by atoms with Gasteiger partial charge in [0.05, 0.1) is 4.90 Å². The zero-order valence-electron chi connectivity index (χ0n) is 16.3. The van der Waals surface area contributed by atoms with Crippen molar-refractivity contribution in [3.05, 3.63) is 53.1 Å². The van der Waals surface area contributed by atoms with Crippen molar-refractivity contribution in [2.24, 2.45) is 5.92 Å². The summed E-state index contributed by atoms with van der Waals surface area (Å²) < 4.78 is 38.0. The summed E-state index contributed by atoms with van der Waals surface area (Å²) in [5.74, 6) is 1.13.